The number of hydrogen-bond donors (Lipinski definition) is 2. The van der Waals surface area contributed by atoms with Gasteiger partial charge in [0, 0.05) is 12.1 Å². The summed E-state index contributed by atoms with van der Waals surface area (Å²) in [5.41, 5.74) is 3.22. The normalized spacial score (nSPS) is 9.69. The number of thiocarbonyl (C=S) groups is 1. The van der Waals surface area contributed by atoms with Gasteiger partial charge in [-0.3, -0.25) is 4.79 Å². The van der Waals surface area contributed by atoms with Gasteiger partial charge in [-0.1, -0.05) is 13.0 Å². The van der Waals surface area contributed by atoms with Crippen LogP contribution in [0.1, 0.15) is 24.5 Å². The molecule has 1 aromatic rings. The third kappa shape index (κ3) is 3.98. The van der Waals surface area contributed by atoms with Crippen LogP contribution in [-0.2, 0) is 4.79 Å². The smallest absolute Gasteiger partial charge is 0.225 e. The van der Waals surface area contributed by atoms with E-state index in [2.05, 4.69) is 16.7 Å². The van der Waals surface area contributed by atoms with E-state index in [0.717, 1.165) is 16.8 Å². The Morgan fingerprint density at radius 1 is 1.25 bits per heavy atom. The number of carbonyl (C=O) groups is 1. The first-order valence-corrected chi connectivity index (χ1v) is 5.61. The van der Waals surface area contributed by atoms with E-state index in [1.807, 2.05) is 26.0 Å². The van der Waals surface area contributed by atoms with Crippen molar-refractivity contribution in [1.29, 1.82) is 0 Å². The first-order chi connectivity index (χ1) is 7.51. The van der Waals surface area contributed by atoms with Crippen LogP contribution in [0.5, 0.6) is 0 Å². The average Bonchev–Trinajstić information content (AvgIpc) is 2.15. The highest BCUT2D eigenvalue weighted by Crippen LogP contribution is 2.13. The van der Waals surface area contributed by atoms with Crippen molar-refractivity contribution in [2.24, 2.45) is 0 Å². The molecule has 0 aliphatic carbocycles. The molecule has 0 atom stereocenters. The fraction of sp³-hybridized carbons (Fsp3) is 0.333. The van der Waals surface area contributed by atoms with Gasteiger partial charge >= 0.3 is 0 Å². The summed E-state index contributed by atoms with van der Waals surface area (Å²) in [5.74, 6) is -0.0816. The summed E-state index contributed by atoms with van der Waals surface area (Å²) in [7, 11) is 0. The summed E-state index contributed by atoms with van der Waals surface area (Å²) in [6, 6.07) is 6.05. The predicted molar refractivity (Wildman–Crippen MR) is 70.6 cm³/mol. The van der Waals surface area contributed by atoms with Crippen molar-refractivity contribution in [3.8, 4) is 0 Å². The molecule has 16 heavy (non-hydrogen) atoms. The Hall–Kier alpha value is -1.42. The molecule has 0 radical (unpaired) electrons. The minimum atomic E-state index is -0.0816. The highest BCUT2D eigenvalue weighted by molar-refractivity contribution is 7.80. The molecule has 0 aliphatic heterocycles. The lowest BCUT2D eigenvalue weighted by atomic mass is 10.1. The Labute approximate surface area is 101 Å². The second-order valence-corrected chi connectivity index (χ2v) is 4.14. The van der Waals surface area contributed by atoms with Gasteiger partial charge < -0.3 is 10.6 Å². The predicted octanol–water partition coefficient (Wildman–Crippen LogP) is 2.53. The van der Waals surface area contributed by atoms with Crippen LogP contribution in [0, 0.1) is 13.8 Å². The van der Waals surface area contributed by atoms with Crippen LogP contribution < -0.4 is 10.6 Å². The maximum atomic E-state index is 11.1. The number of amides is 1. The second-order valence-electron chi connectivity index (χ2n) is 3.73. The van der Waals surface area contributed by atoms with Crippen LogP contribution in [0.3, 0.4) is 0 Å². The van der Waals surface area contributed by atoms with Gasteiger partial charge in [0.15, 0.2) is 5.11 Å². The van der Waals surface area contributed by atoms with Gasteiger partial charge in [0.05, 0.1) is 0 Å². The summed E-state index contributed by atoms with van der Waals surface area (Å²) < 4.78 is 0. The summed E-state index contributed by atoms with van der Waals surface area (Å²) in [4.78, 5) is 11.1. The largest absolute Gasteiger partial charge is 0.332 e. The Morgan fingerprint density at radius 3 is 2.31 bits per heavy atom. The zero-order chi connectivity index (χ0) is 12.1. The SMILES string of the molecule is CCC(=O)NC(=S)Nc1cc(C)cc(C)c1. The van der Waals surface area contributed by atoms with E-state index >= 15 is 0 Å². The molecule has 2 N–H and O–H groups in total. The minimum Gasteiger partial charge on any atom is -0.332 e. The molecule has 0 spiro atoms. The molecular weight excluding hydrogens is 220 g/mol. The molecule has 1 aromatic carbocycles. The van der Waals surface area contributed by atoms with Crippen molar-refractivity contribution < 1.29 is 4.79 Å². The van der Waals surface area contributed by atoms with Crippen molar-refractivity contribution in [3.05, 3.63) is 29.3 Å². The molecule has 4 heteroatoms. The van der Waals surface area contributed by atoms with E-state index < -0.39 is 0 Å². The first kappa shape index (κ1) is 12.6. The minimum absolute atomic E-state index is 0.0816. The van der Waals surface area contributed by atoms with Crippen LogP contribution in [0.2, 0.25) is 0 Å². The molecule has 0 saturated carbocycles. The Bertz CT molecular complexity index is 395. The molecule has 86 valence electrons. The highest BCUT2D eigenvalue weighted by Gasteiger charge is 2.02. The average molecular weight is 236 g/mol. The van der Waals surface area contributed by atoms with Gasteiger partial charge in [0.1, 0.15) is 0 Å². The van der Waals surface area contributed by atoms with Gasteiger partial charge in [0.2, 0.25) is 5.91 Å². The summed E-state index contributed by atoms with van der Waals surface area (Å²) >= 11 is 5.02. The fourth-order valence-corrected chi connectivity index (χ4v) is 1.66. The monoisotopic (exact) mass is 236 g/mol. The van der Waals surface area contributed by atoms with Crippen molar-refractivity contribution >= 4 is 28.9 Å². The molecule has 0 aliphatic rings. The lowest BCUT2D eigenvalue weighted by Gasteiger charge is -2.10. The van der Waals surface area contributed by atoms with Crippen LogP contribution in [0.25, 0.3) is 0 Å². The van der Waals surface area contributed by atoms with Crippen LogP contribution in [0.4, 0.5) is 5.69 Å². The first-order valence-electron chi connectivity index (χ1n) is 5.20. The number of nitrogens with one attached hydrogen (secondary N) is 2. The van der Waals surface area contributed by atoms with Crippen LogP contribution in [0.15, 0.2) is 18.2 Å². The van der Waals surface area contributed by atoms with Gasteiger partial charge in [-0.25, -0.2) is 0 Å². The Balaban J connectivity index is 2.66. The Kier molecular flexibility index (Phi) is 4.43. The van der Waals surface area contributed by atoms with Crippen molar-refractivity contribution in [3.63, 3.8) is 0 Å². The zero-order valence-corrected chi connectivity index (χ0v) is 10.6. The van der Waals surface area contributed by atoms with E-state index in [4.69, 9.17) is 12.2 Å². The molecule has 0 fully saturated rings. The van der Waals surface area contributed by atoms with Crippen molar-refractivity contribution in [2.75, 3.05) is 5.32 Å². The van der Waals surface area contributed by atoms with E-state index in [-0.39, 0.29) is 5.91 Å². The van der Waals surface area contributed by atoms with Gasteiger partial charge in [-0.15, -0.1) is 0 Å². The fourth-order valence-electron chi connectivity index (χ4n) is 1.42. The molecule has 0 unspecified atom stereocenters. The van der Waals surface area contributed by atoms with Crippen LogP contribution in [-0.4, -0.2) is 11.0 Å². The standard InChI is InChI=1S/C12H16N2OS/c1-4-11(15)14-12(16)13-10-6-8(2)5-9(3)7-10/h5-7H,4H2,1-3H3,(H2,13,14,15,16). The summed E-state index contributed by atoms with van der Waals surface area (Å²) in [6.07, 6.45) is 0.425. The molecule has 0 heterocycles. The number of aryl methyl sites for hydroxylation is 2. The van der Waals surface area contributed by atoms with E-state index in [1.54, 1.807) is 6.92 Å². The van der Waals surface area contributed by atoms with Crippen LogP contribution >= 0.6 is 12.2 Å². The molecule has 1 amide bonds. The molecule has 0 bridgehead atoms. The third-order valence-corrected chi connectivity index (χ3v) is 2.26. The maximum Gasteiger partial charge on any atom is 0.225 e. The van der Waals surface area contributed by atoms with E-state index in [1.165, 1.54) is 0 Å². The number of benzene rings is 1. The summed E-state index contributed by atoms with van der Waals surface area (Å²) in [5, 5.41) is 5.93. The molecular formula is C12H16N2OS. The Morgan fingerprint density at radius 2 is 1.81 bits per heavy atom. The summed E-state index contributed by atoms with van der Waals surface area (Å²) in [6.45, 7) is 5.83. The maximum absolute atomic E-state index is 11.1. The third-order valence-electron chi connectivity index (χ3n) is 2.05. The van der Waals surface area contributed by atoms with Gasteiger partial charge in [-0.2, -0.15) is 0 Å². The van der Waals surface area contributed by atoms with E-state index in [9.17, 15) is 4.79 Å². The number of hydrogen-bond acceptors (Lipinski definition) is 2. The quantitative estimate of drug-likeness (QED) is 0.775. The highest BCUT2D eigenvalue weighted by atomic mass is 32.1. The van der Waals surface area contributed by atoms with Gasteiger partial charge in [-0.05, 0) is 49.3 Å². The topological polar surface area (TPSA) is 41.1 Å². The number of carbonyl (C=O) groups excluding carboxylic acids is 1. The second kappa shape index (κ2) is 5.61. The van der Waals surface area contributed by atoms with Gasteiger partial charge in [0.25, 0.3) is 0 Å². The zero-order valence-electron chi connectivity index (χ0n) is 9.76. The van der Waals surface area contributed by atoms with Crippen molar-refractivity contribution in [2.45, 2.75) is 27.2 Å². The molecule has 0 aromatic heterocycles. The molecule has 3 nitrogen and oxygen atoms in total. The van der Waals surface area contributed by atoms with E-state index in [0.29, 0.717) is 11.5 Å². The van der Waals surface area contributed by atoms with Crippen molar-refractivity contribution in [1.82, 2.24) is 5.32 Å². The number of anilines is 1. The molecule has 0 saturated heterocycles. The number of rotatable bonds is 2. The lowest BCUT2D eigenvalue weighted by Crippen LogP contribution is -2.33. The molecule has 1 rings (SSSR count). The lowest BCUT2D eigenvalue weighted by molar-refractivity contribution is -0.119.